The molecule has 1 fully saturated rings. The van der Waals surface area contributed by atoms with Crippen molar-refractivity contribution in [3.05, 3.63) is 59.8 Å². The van der Waals surface area contributed by atoms with E-state index in [0.717, 1.165) is 12.1 Å². The third-order valence-electron chi connectivity index (χ3n) is 3.86. The maximum Gasteiger partial charge on any atom is 0.323 e. The van der Waals surface area contributed by atoms with Crippen LogP contribution in [0.1, 0.15) is 11.3 Å². The van der Waals surface area contributed by atoms with Crippen molar-refractivity contribution in [2.24, 2.45) is 0 Å². The molecule has 1 atom stereocenters. The summed E-state index contributed by atoms with van der Waals surface area (Å²) in [6.45, 7) is 3.65. The Kier molecular flexibility index (Phi) is 4.88. The number of aromatic nitrogens is 1. The maximum absolute atomic E-state index is 12.4. The lowest BCUT2D eigenvalue weighted by atomic mass is 10.1. The molecule has 5 nitrogen and oxygen atoms in total. The number of benzene rings is 1. The Hall–Kier alpha value is -2.40. The minimum absolute atomic E-state index is 0.0300. The molecule has 0 spiro atoms. The number of morpholine rings is 1. The number of hydrogen-bond acceptors (Lipinski definition) is 3. The highest BCUT2D eigenvalue weighted by Crippen LogP contribution is 2.13. The van der Waals surface area contributed by atoms with Crippen LogP contribution in [-0.2, 0) is 11.2 Å². The molecule has 2 aromatic rings. The second-order valence-corrected chi connectivity index (χ2v) is 5.72. The summed E-state index contributed by atoms with van der Waals surface area (Å²) in [5.74, 6) is 0.584. The van der Waals surface area contributed by atoms with E-state index in [1.165, 1.54) is 5.56 Å². The maximum atomic E-state index is 12.4. The summed E-state index contributed by atoms with van der Waals surface area (Å²) in [7, 11) is 0. The monoisotopic (exact) mass is 311 g/mol. The van der Waals surface area contributed by atoms with Crippen LogP contribution in [0.4, 0.5) is 10.6 Å². The highest BCUT2D eigenvalue weighted by molar-refractivity contribution is 5.88. The number of anilines is 1. The summed E-state index contributed by atoms with van der Waals surface area (Å²) < 4.78 is 5.79. The number of aryl methyl sites for hydroxylation is 1. The topological polar surface area (TPSA) is 54.5 Å². The van der Waals surface area contributed by atoms with E-state index >= 15 is 0 Å². The van der Waals surface area contributed by atoms with Gasteiger partial charge in [-0.1, -0.05) is 36.4 Å². The van der Waals surface area contributed by atoms with E-state index in [9.17, 15) is 4.79 Å². The van der Waals surface area contributed by atoms with Gasteiger partial charge in [0.25, 0.3) is 0 Å². The standard InChI is InChI=1S/C18H21N3O2/c1-14-6-5-9-17(19-14)20-18(22)21-10-11-23-16(13-21)12-15-7-3-2-4-8-15/h2-9,16H,10-13H2,1H3,(H,19,20,22). The predicted molar refractivity (Wildman–Crippen MR) is 89.5 cm³/mol. The number of carbonyl (C=O) groups excluding carboxylic acids is 1. The number of amides is 2. The first kappa shape index (κ1) is 15.5. The first-order valence-corrected chi connectivity index (χ1v) is 7.86. The van der Waals surface area contributed by atoms with Crippen molar-refractivity contribution in [1.82, 2.24) is 9.88 Å². The summed E-state index contributed by atoms with van der Waals surface area (Å²) >= 11 is 0. The van der Waals surface area contributed by atoms with E-state index in [4.69, 9.17) is 4.74 Å². The van der Waals surface area contributed by atoms with Gasteiger partial charge in [-0.05, 0) is 24.6 Å². The molecule has 2 amide bonds. The molecule has 1 aromatic carbocycles. The average Bonchev–Trinajstić information content (AvgIpc) is 2.56. The Balaban J connectivity index is 1.58. The van der Waals surface area contributed by atoms with Gasteiger partial charge in [0.2, 0.25) is 0 Å². The summed E-state index contributed by atoms with van der Waals surface area (Å²) in [5, 5.41) is 2.86. The van der Waals surface area contributed by atoms with Crippen molar-refractivity contribution in [1.29, 1.82) is 0 Å². The van der Waals surface area contributed by atoms with Gasteiger partial charge >= 0.3 is 6.03 Å². The van der Waals surface area contributed by atoms with Crippen molar-refractivity contribution >= 4 is 11.8 Å². The van der Waals surface area contributed by atoms with Crippen LogP contribution in [0.25, 0.3) is 0 Å². The molecule has 1 aliphatic rings. The second-order valence-electron chi connectivity index (χ2n) is 5.72. The van der Waals surface area contributed by atoms with Crippen LogP contribution >= 0.6 is 0 Å². The minimum Gasteiger partial charge on any atom is -0.374 e. The fourth-order valence-corrected chi connectivity index (χ4v) is 2.71. The van der Waals surface area contributed by atoms with E-state index in [1.54, 1.807) is 11.0 Å². The van der Waals surface area contributed by atoms with Gasteiger partial charge in [0.05, 0.1) is 12.7 Å². The highest BCUT2D eigenvalue weighted by Gasteiger charge is 2.24. The molecule has 1 aromatic heterocycles. The van der Waals surface area contributed by atoms with Crippen LogP contribution in [0, 0.1) is 6.92 Å². The molecule has 3 rings (SSSR count). The lowest BCUT2D eigenvalue weighted by molar-refractivity contribution is -0.0113. The minimum atomic E-state index is -0.121. The first-order chi connectivity index (χ1) is 11.2. The summed E-state index contributed by atoms with van der Waals surface area (Å²) in [6, 6.07) is 15.7. The molecule has 0 bridgehead atoms. The van der Waals surface area contributed by atoms with E-state index in [1.807, 2.05) is 37.3 Å². The lowest BCUT2D eigenvalue weighted by Gasteiger charge is -2.33. The van der Waals surface area contributed by atoms with E-state index in [-0.39, 0.29) is 12.1 Å². The van der Waals surface area contributed by atoms with Crippen LogP contribution in [0.2, 0.25) is 0 Å². The van der Waals surface area contributed by atoms with Gasteiger partial charge in [-0.25, -0.2) is 9.78 Å². The Morgan fingerprint density at radius 2 is 2.09 bits per heavy atom. The zero-order valence-electron chi connectivity index (χ0n) is 13.2. The van der Waals surface area contributed by atoms with Gasteiger partial charge < -0.3 is 9.64 Å². The zero-order chi connectivity index (χ0) is 16.1. The lowest BCUT2D eigenvalue weighted by Crippen LogP contribution is -2.48. The van der Waals surface area contributed by atoms with Gasteiger partial charge in [0.15, 0.2) is 0 Å². The molecule has 1 N–H and O–H groups in total. The van der Waals surface area contributed by atoms with Crippen molar-refractivity contribution < 1.29 is 9.53 Å². The molecular weight excluding hydrogens is 290 g/mol. The fraction of sp³-hybridized carbons (Fsp3) is 0.333. The zero-order valence-corrected chi connectivity index (χ0v) is 13.2. The molecule has 23 heavy (non-hydrogen) atoms. The number of nitrogens with zero attached hydrogens (tertiary/aromatic N) is 2. The van der Waals surface area contributed by atoms with Crippen molar-refractivity contribution in [2.45, 2.75) is 19.4 Å². The smallest absolute Gasteiger partial charge is 0.323 e. The number of pyridine rings is 1. The van der Waals surface area contributed by atoms with E-state index in [2.05, 4.69) is 22.4 Å². The summed E-state index contributed by atoms with van der Waals surface area (Å²) in [4.78, 5) is 18.5. The molecule has 0 saturated carbocycles. The van der Waals surface area contributed by atoms with Crippen molar-refractivity contribution in [3.8, 4) is 0 Å². The normalized spacial score (nSPS) is 17.8. The first-order valence-electron chi connectivity index (χ1n) is 7.86. The summed E-state index contributed by atoms with van der Waals surface area (Å²) in [6.07, 6.45) is 0.843. The predicted octanol–water partition coefficient (Wildman–Crippen LogP) is 2.87. The Bertz CT molecular complexity index is 660. The molecule has 120 valence electrons. The van der Waals surface area contributed by atoms with Crippen LogP contribution in [-0.4, -0.2) is 41.7 Å². The number of nitrogens with one attached hydrogen (secondary N) is 1. The molecule has 1 unspecified atom stereocenters. The van der Waals surface area contributed by atoms with Crippen LogP contribution in [0.5, 0.6) is 0 Å². The molecule has 1 aliphatic heterocycles. The Morgan fingerprint density at radius 1 is 1.26 bits per heavy atom. The molecule has 5 heteroatoms. The molecular formula is C18H21N3O2. The Morgan fingerprint density at radius 3 is 2.87 bits per heavy atom. The number of rotatable bonds is 3. The van der Waals surface area contributed by atoms with Crippen LogP contribution in [0.3, 0.4) is 0 Å². The van der Waals surface area contributed by atoms with Gasteiger partial charge in [-0.3, -0.25) is 5.32 Å². The number of carbonyl (C=O) groups is 1. The van der Waals surface area contributed by atoms with Crippen LogP contribution < -0.4 is 5.32 Å². The SMILES string of the molecule is Cc1cccc(NC(=O)N2CCOC(Cc3ccccc3)C2)n1. The third-order valence-corrected chi connectivity index (χ3v) is 3.86. The molecule has 1 saturated heterocycles. The number of urea groups is 1. The second kappa shape index (κ2) is 7.24. The van der Waals surface area contributed by atoms with Crippen molar-refractivity contribution in [3.63, 3.8) is 0 Å². The Labute approximate surface area is 136 Å². The third kappa shape index (κ3) is 4.29. The number of ether oxygens (including phenoxy) is 1. The quantitative estimate of drug-likeness (QED) is 0.948. The molecule has 0 aliphatic carbocycles. The molecule has 0 radical (unpaired) electrons. The van der Waals surface area contributed by atoms with E-state index < -0.39 is 0 Å². The van der Waals surface area contributed by atoms with Crippen molar-refractivity contribution in [2.75, 3.05) is 25.0 Å². The average molecular weight is 311 g/mol. The fourth-order valence-electron chi connectivity index (χ4n) is 2.71. The summed E-state index contributed by atoms with van der Waals surface area (Å²) in [5.41, 5.74) is 2.10. The van der Waals surface area contributed by atoms with Crippen LogP contribution in [0.15, 0.2) is 48.5 Å². The largest absolute Gasteiger partial charge is 0.374 e. The van der Waals surface area contributed by atoms with Gasteiger partial charge in [-0.15, -0.1) is 0 Å². The van der Waals surface area contributed by atoms with Gasteiger partial charge in [0.1, 0.15) is 5.82 Å². The highest BCUT2D eigenvalue weighted by atomic mass is 16.5. The van der Waals surface area contributed by atoms with E-state index in [0.29, 0.717) is 25.5 Å². The number of hydrogen-bond donors (Lipinski definition) is 1. The van der Waals surface area contributed by atoms with Gasteiger partial charge in [-0.2, -0.15) is 0 Å². The van der Waals surface area contributed by atoms with Gasteiger partial charge in [0, 0.05) is 25.2 Å². The molecule has 2 heterocycles.